The van der Waals surface area contributed by atoms with Crippen LogP contribution in [0, 0.1) is 6.07 Å². The predicted molar refractivity (Wildman–Crippen MR) is 89.1 cm³/mol. The van der Waals surface area contributed by atoms with Crippen LogP contribution in [0.15, 0.2) is 66.7 Å². The molecule has 0 bridgehead atoms. The summed E-state index contributed by atoms with van der Waals surface area (Å²) in [5.74, 6) is 2.40. The zero-order valence-electron chi connectivity index (χ0n) is 13.0. The second-order valence-corrected chi connectivity index (χ2v) is 4.97. The maximum absolute atomic E-state index is 10.6. The van der Waals surface area contributed by atoms with Crippen molar-refractivity contribution in [3.05, 3.63) is 83.9 Å². The van der Waals surface area contributed by atoms with E-state index >= 15 is 0 Å². The van der Waals surface area contributed by atoms with Gasteiger partial charge in [0.15, 0.2) is 0 Å². The number of ether oxygens (including phenoxy) is 2. The molecule has 0 heterocycles. The number of benzene rings is 3. The predicted octanol–water partition coefficient (Wildman–Crippen LogP) is 4.69. The average Bonchev–Trinajstić information content (AvgIpc) is 2.65. The van der Waals surface area contributed by atoms with Crippen molar-refractivity contribution in [3.8, 4) is 23.0 Å². The Balaban J connectivity index is 0.00000225. The third-order valence-electron chi connectivity index (χ3n) is 3.25. The third kappa shape index (κ3) is 5.04. The molecule has 0 aliphatic rings. The molecule has 0 atom stereocenters. The summed E-state index contributed by atoms with van der Waals surface area (Å²) in [6.45, 7) is 0. The number of carbonyl (C=O) groups excluding carboxylic acids is 2. The van der Waals surface area contributed by atoms with Crippen LogP contribution >= 0.6 is 0 Å². The Morgan fingerprint density at radius 1 is 0.640 bits per heavy atom. The van der Waals surface area contributed by atoms with Crippen LogP contribution in [0.3, 0.4) is 0 Å². The zero-order chi connectivity index (χ0) is 16.8. The smallest absolute Gasteiger partial charge is 0.517 e. The molecule has 3 aromatic carbocycles. The van der Waals surface area contributed by atoms with Crippen LogP contribution in [0.4, 0.5) is 0 Å². The van der Waals surface area contributed by atoms with Gasteiger partial charge in [-0.2, -0.15) is 0 Å². The number of hydrogen-bond donors (Lipinski definition) is 0. The molecule has 0 aliphatic carbocycles. The molecular formula is C20H13FeO4+. The molecule has 3 aromatic rings. The van der Waals surface area contributed by atoms with E-state index in [4.69, 9.17) is 9.47 Å². The SMILES string of the molecule is O=Cc1ccc(Oc2[c-]cc(Oc3ccc(C=O)cc3)cc2)cc1.[Fe+2]. The summed E-state index contributed by atoms with van der Waals surface area (Å²) in [6, 6.07) is 21.8. The molecule has 25 heavy (non-hydrogen) atoms. The Morgan fingerprint density at radius 2 is 1.12 bits per heavy atom. The van der Waals surface area contributed by atoms with Crippen LogP contribution in [0.2, 0.25) is 0 Å². The fourth-order valence-corrected chi connectivity index (χ4v) is 2.02. The molecule has 0 aliphatic heterocycles. The maximum atomic E-state index is 10.6. The molecule has 0 saturated carbocycles. The van der Waals surface area contributed by atoms with E-state index in [1.54, 1.807) is 66.7 Å². The van der Waals surface area contributed by atoms with Gasteiger partial charge in [0.2, 0.25) is 0 Å². The first kappa shape index (κ1) is 18.5. The van der Waals surface area contributed by atoms with Crippen LogP contribution < -0.4 is 9.47 Å². The van der Waals surface area contributed by atoms with Gasteiger partial charge < -0.3 is 9.47 Å². The van der Waals surface area contributed by atoms with Crippen LogP contribution in [0.5, 0.6) is 23.0 Å². The Hall–Kier alpha value is -2.88. The summed E-state index contributed by atoms with van der Waals surface area (Å²) in [5, 5.41) is 0. The van der Waals surface area contributed by atoms with Crippen molar-refractivity contribution in [1.82, 2.24) is 0 Å². The van der Waals surface area contributed by atoms with Crippen molar-refractivity contribution in [2.24, 2.45) is 0 Å². The second kappa shape index (κ2) is 8.83. The number of carbonyl (C=O) groups is 2. The molecule has 5 heteroatoms. The molecule has 0 amide bonds. The van der Waals surface area contributed by atoms with Crippen LogP contribution in [0.1, 0.15) is 20.7 Å². The van der Waals surface area contributed by atoms with Gasteiger partial charge in [-0.25, -0.2) is 0 Å². The van der Waals surface area contributed by atoms with E-state index in [1.165, 1.54) is 0 Å². The van der Waals surface area contributed by atoms with Gasteiger partial charge in [0.05, 0.1) is 0 Å². The van der Waals surface area contributed by atoms with E-state index in [0.717, 1.165) is 12.6 Å². The topological polar surface area (TPSA) is 52.6 Å². The molecule has 0 fully saturated rings. The van der Waals surface area contributed by atoms with Crippen LogP contribution in [-0.2, 0) is 17.1 Å². The van der Waals surface area contributed by atoms with Crippen molar-refractivity contribution in [2.75, 3.05) is 0 Å². The fourth-order valence-electron chi connectivity index (χ4n) is 2.02. The van der Waals surface area contributed by atoms with Gasteiger partial charge in [-0.05, 0) is 48.5 Å². The van der Waals surface area contributed by atoms with E-state index in [-0.39, 0.29) is 17.1 Å². The summed E-state index contributed by atoms with van der Waals surface area (Å²) in [6.07, 6.45) is 1.56. The standard InChI is InChI=1S/C20H13O4.Fe/c21-13-15-1-5-17(6-2-15)23-19-9-11-20(12-10-19)24-18-7-3-16(14-22)4-8-18;/h1-11,13-14H;/q-1;+2. The van der Waals surface area contributed by atoms with Crippen LogP contribution in [-0.4, -0.2) is 12.6 Å². The van der Waals surface area contributed by atoms with Gasteiger partial charge >= 0.3 is 17.1 Å². The largest absolute Gasteiger partial charge is 2.00 e. The quantitative estimate of drug-likeness (QED) is 0.357. The Bertz CT molecular complexity index is 753. The fraction of sp³-hybridized carbons (Fsp3) is 0. The van der Waals surface area contributed by atoms with Crippen LogP contribution in [0.25, 0.3) is 0 Å². The van der Waals surface area contributed by atoms with E-state index in [9.17, 15) is 9.59 Å². The minimum absolute atomic E-state index is 0. The van der Waals surface area contributed by atoms with Crippen molar-refractivity contribution in [1.29, 1.82) is 0 Å². The van der Waals surface area contributed by atoms with E-state index < -0.39 is 0 Å². The first-order valence-corrected chi connectivity index (χ1v) is 7.25. The molecule has 4 nitrogen and oxygen atoms in total. The summed E-state index contributed by atoms with van der Waals surface area (Å²) in [5.41, 5.74) is 1.19. The van der Waals surface area contributed by atoms with Crippen molar-refractivity contribution >= 4 is 12.6 Å². The Kier molecular flexibility index (Phi) is 6.52. The summed E-state index contributed by atoms with van der Waals surface area (Å²) < 4.78 is 11.3. The minimum atomic E-state index is 0. The van der Waals surface area contributed by atoms with Gasteiger partial charge in [-0.1, -0.05) is 0 Å². The first-order chi connectivity index (χ1) is 11.8. The number of hydrogen-bond acceptors (Lipinski definition) is 4. The molecule has 0 aromatic heterocycles. The molecule has 0 saturated heterocycles. The van der Waals surface area contributed by atoms with Gasteiger partial charge in [-0.15, -0.1) is 24.3 Å². The van der Waals surface area contributed by atoms with Crippen molar-refractivity contribution in [3.63, 3.8) is 0 Å². The molecule has 0 radical (unpaired) electrons. The third-order valence-corrected chi connectivity index (χ3v) is 3.25. The van der Waals surface area contributed by atoms with Gasteiger partial charge in [0.1, 0.15) is 24.1 Å². The Labute approximate surface area is 155 Å². The van der Waals surface area contributed by atoms with Gasteiger partial charge in [-0.3, -0.25) is 9.59 Å². The molecule has 0 spiro atoms. The second-order valence-electron chi connectivity index (χ2n) is 4.97. The van der Waals surface area contributed by atoms with E-state index in [2.05, 4.69) is 6.07 Å². The summed E-state index contributed by atoms with van der Waals surface area (Å²) in [4.78, 5) is 21.2. The summed E-state index contributed by atoms with van der Waals surface area (Å²) in [7, 11) is 0. The number of aldehydes is 2. The maximum Gasteiger partial charge on any atom is 2.00 e. The van der Waals surface area contributed by atoms with Crippen molar-refractivity contribution < 1.29 is 36.1 Å². The molecular weight excluding hydrogens is 360 g/mol. The van der Waals surface area contributed by atoms with E-state index in [1.807, 2.05) is 0 Å². The average molecular weight is 373 g/mol. The normalized spacial score (nSPS) is 9.60. The Morgan fingerprint density at radius 3 is 1.56 bits per heavy atom. The molecule has 0 unspecified atom stereocenters. The number of rotatable bonds is 6. The van der Waals surface area contributed by atoms with Gasteiger partial charge in [0, 0.05) is 22.6 Å². The van der Waals surface area contributed by atoms with E-state index in [0.29, 0.717) is 34.1 Å². The molecule has 3 rings (SSSR count). The monoisotopic (exact) mass is 373 g/mol. The van der Waals surface area contributed by atoms with Gasteiger partial charge in [0.25, 0.3) is 0 Å². The zero-order valence-corrected chi connectivity index (χ0v) is 14.1. The summed E-state index contributed by atoms with van der Waals surface area (Å²) >= 11 is 0. The molecule has 124 valence electrons. The first-order valence-electron chi connectivity index (χ1n) is 7.25. The minimum Gasteiger partial charge on any atom is -0.517 e. The van der Waals surface area contributed by atoms with Crippen molar-refractivity contribution in [2.45, 2.75) is 0 Å². The molecule has 0 N–H and O–H groups in total.